The van der Waals surface area contributed by atoms with Crippen LogP contribution in [0.15, 0.2) is 18.2 Å². The van der Waals surface area contributed by atoms with Gasteiger partial charge in [-0.3, -0.25) is 0 Å². The minimum Gasteiger partial charge on any atom is -0.365 e. The highest BCUT2D eigenvalue weighted by Gasteiger charge is 2.25. The van der Waals surface area contributed by atoms with Gasteiger partial charge >= 0.3 is 0 Å². The van der Waals surface area contributed by atoms with Gasteiger partial charge in [-0.25, -0.2) is 0 Å². The van der Waals surface area contributed by atoms with Crippen LogP contribution in [0, 0.1) is 6.92 Å². The zero-order valence-corrected chi connectivity index (χ0v) is 11.6. The number of hydrogen-bond donors (Lipinski definition) is 1. The van der Waals surface area contributed by atoms with Gasteiger partial charge in [0, 0.05) is 25.2 Å². The maximum Gasteiger partial charge on any atom is 0.0642 e. The number of anilines is 1. The van der Waals surface area contributed by atoms with Crippen LogP contribution in [0.4, 0.5) is 5.69 Å². The summed E-state index contributed by atoms with van der Waals surface area (Å²) in [5, 5.41) is 4.40. The molecule has 1 saturated heterocycles. The van der Waals surface area contributed by atoms with Crippen molar-refractivity contribution in [2.75, 3.05) is 18.0 Å². The summed E-state index contributed by atoms with van der Waals surface area (Å²) >= 11 is 6.37. The zero-order valence-electron chi connectivity index (χ0n) is 10.8. The zero-order chi connectivity index (χ0) is 12.4. The summed E-state index contributed by atoms with van der Waals surface area (Å²) in [6.45, 7) is 8.61. The summed E-state index contributed by atoms with van der Waals surface area (Å²) in [4.78, 5) is 2.45. The largest absolute Gasteiger partial charge is 0.365 e. The molecule has 1 aliphatic heterocycles. The maximum absolute atomic E-state index is 6.37. The first-order valence-corrected chi connectivity index (χ1v) is 6.75. The van der Waals surface area contributed by atoms with E-state index in [1.807, 2.05) is 0 Å². The van der Waals surface area contributed by atoms with E-state index in [0.29, 0.717) is 12.1 Å². The fraction of sp³-hybridized carbons (Fsp3) is 0.571. The van der Waals surface area contributed by atoms with Crippen LogP contribution in [-0.4, -0.2) is 25.2 Å². The van der Waals surface area contributed by atoms with E-state index in [-0.39, 0.29) is 0 Å². The van der Waals surface area contributed by atoms with Crippen LogP contribution in [-0.2, 0) is 0 Å². The van der Waals surface area contributed by atoms with Crippen LogP contribution in [0.5, 0.6) is 0 Å². The van der Waals surface area contributed by atoms with Crippen molar-refractivity contribution in [3.05, 3.63) is 28.8 Å². The van der Waals surface area contributed by atoms with Gasteiger partial charge in [0.2, 0.25) is 0 Å². The molecule has 1 heterocycles. The molecule has 1 aliphatic rings. The van der Waals surface area contributed by atoms with Crippen molar-refractivity contribution >= 4 is 17.3 Å². The highest BCUT2D eigenvalue weighted by Crippen LogP contribution is 2.30. The monoisotopic (exact) mass is 252 g/mol. The summed E-state index contributed by atoms with van der Waals surface area (Å²) in [5.74, 6) is 0. The first-order valence-electron chi connectivity index (χ1n) is 6.38. The van der Waals surface area contributed by atoms with Gasteiger partial charge in [0.15, 0.2) is 0 Å². The van der Waals surface area contributed by atoms with E-state index in [9.17, 15) is 0 Å². The number of nitrogens with zero attached hydrogens (tertiary/aromatic N) is 1. The maximum atomic E-state index is 6.37. The molecule has 2 nitrogen and oxygen atoms in total. The van der Waals surface area contributed by atoms with Gasteiger partial charge < -0.3 is 10.2 Å². The minimum atomic E-state index is 0.523. The summed E-state index contributed by atoms with van der Waals surface area (Å²) in [7, 11) is 0. The molecule has 1 N–H and O–H groups in total. The van der Waals surface area contributed by atoms with Gasteiger partial charge in [0.05, 0.1) is 10.7 Å². The summed E-state index contributed by atoms with van der Waals surface area (Å²) in [6, 6.07) is 7.41. The van der Waals surface area contributed by atoms with Crippen molar-refractivity contribution in [2.45, 2.75) is 39.3 Å². The molecule has 1 aromatic carbocycles. The summed E-state index contributed by atoms with van der Waals surface area (Å²) < 4.78 is 0. The number of nitrogens with one attached hydrogen (secondary N) is 1. The molecule has 0 aliphatic carbocycles. The topological polar surface area (TPSA) is 15.3 Å². The number of rotatable bonds is 2. The molecular weight excluding hydrogens is 232 g/mol. The molecule has 2 atom stereocenters. The van der Waals surface area contributed by atoms with Crippen molar-refractivity contribution in [2.24, 2.45) is 0 Å². The third-order valence-corrected chi connectivity index (χ3v) is 3.80. The van der Waals surface area contributed by atoms with Gasteiger partial charge in [-0.15, -0.1) is 0 Å². The molecule has 0 aromatic heterocycles. The van der Waals surface area contributed by atoms with E-state index in [1.165, 1.54) is 11.3 Å². The molecule has 0 spiro atoms. The minimum absolute atomic E-state index is 0.523. The standard InChI is InChI=1S/C14H21ClN2/c1-4-12-8-16-11(3)9-17(12)14-6-5-10(2)7-13(14)15/h5-7,11-12,16H,4,8-9H2,1-3H3. The Bertz CT molecular complexity index is 392. The van der Waals surface area contributed by atoms with E-state index in [0.717, 1.165) is 24.5 Å². The molecule has 17 heavy (non-hydrogen) atoms. The number of halogens is 1. The van der Waals surface area contributed by atoms with Crippen LogP contribution >= 0.6 is 11.6 Å². The average Bonchev–Trinajstić information content (AvgIpc) is 2.29. The lowest BCUT2D eigenvalue weighted by Crippen LogP contribution is -2.55. The predicted octanol–water partition coefficient (Wildman–Crippen LogP) is 3.23. The molecule has 1 aromatic rings. The normalized spacial score (nSPS) is 25.1. The first-order chi connectivity index (χ1) is 8.11. The molecule has 0 saturated carbocycles. The number of piperazine rings is 1. The fourth-order valence-electron chi connectivity index (χ4n) is 2.46. The van der Waals surface area contributed by atoms with Crippen LogP contribution in [0.1, 0.15) is 25.8 Å². The Morgan fingerprint density at radius 3 is 2.88 bits per heavy atom. The second-order valence-corrected chi connectivity index (χ2v) is 5.39. The first kappa shape index (κ1) is 12.7. The van der Waals surface area contributed by atoms with Crippen molar-refractivity contribution in [3.8, 4) is 0 Å². The van der Waals surface area contributed by atoms with Crippen molar-refractivity contribution in [3.63, 3.8) is 0 Å². The Kier molecular flexibility index (Phi) is 3.95. The van der Waals surface area contributed by atoms with E-state index in [4.69, 9.17) is 11.6 Å². The van der Waals surface area contributed by atoms with E-state index >= 15 is 0 Å². The lowest BCUT2D eigenvalue weighted by Gasteiger charge is -2.41. The molecule has 1 fully saturated rings. The van der Waals surface area contributed by atoms with Gasteiger partial charge in [-0.2, -0.15) is 0 Å². The molecule has 0 radical (unpaired) electrons. The SMILES string of the molecule is CCC1CNC(C)CN1c1ccc(C)cc1Cl. The van der Waals surface area contributed by atoms with E-state index in [1.54, 1.807) is 0 Å². The smallest absolute Gasteiger partial charge is 0.0642 e. The number of hydrogen-bond acceptors (Lipinski definition) is 2. The van der Waals surface area contributed by atoms with Crippen LogP contribution < -0.4 is 10.2 Å². The molecule has 0 bridgehead atoms. The van der Waals surface area contributed by atoms with Crippen LogP contribution in [0.25, 0.3) is 0 Å². The fourth-order valence-corrected chi connectivity index (χ4v) is 2.80. The van der Waals surface area contributed by atoms with Crippen LogP contribution in [0.2, 0.25) is 5.02 Å². The summed E-state index contributed by atoms with van der Waals surface area (Å²) in [6.07, 6.45) is 1.14. The average molecular weight is 253 g/mol. The van der Waals surface area contributed by atoms with Gasteiger partial charge in [0.1, 0.15) is 0 Å². The lowest BCUT2D eigenvalue weighted by molar-refractivity contribution is 0.402. The van der Waals surface area contributed by atoms with Crippen LogP contribution in [0.3, 0.4) is 0 Å². The Morgan fingerprint density at radius 1 is 1.47 bits per heavy atom. The highest BCUT2D eigenvalue weighted by atomic mass is 35.5. The molecule has 2 unspecified atom stereocenters. The Morgan fingerprint density at radius 2 is 2.24 bits per heavy atom. The molecule has 3 heteroatoms. The van der Waals surface area contributed by atoms with Crippen molar-refractivity contribution in [1.29, 1.82) is 0 Å². The molecular formula is C14H21ClN2. The highest BCUT2D eigenvalue weighted by molar-refractivity contribution is 6.33. The molecule has 0 amide bonds. The molecule has 2 rings (SSSR count). The number of aryl methyl sites for hydroxylation is 1. The lowest BCUT2D eigenvalue weighted by atomic mass is 10.1. The summed E-state index contributed by atoms with van der Waals surface area (Å²) in [5.41, 5.74) is 2.40. The Balaban J connectivity index is 2.28. The Hall–Kier alpha value is -0.730. The van der Waals surface area contributed by atoms with Crippen molar-refractivity contribution < 1.29 is 0 Å². The quantitative estimate of drug-likeness (QED) is 0.870. The van der Waals surface area contributed by atoms with Crippen molar-refractivity contribution in [1.82, 2.24) is 5.32 Å². The van der Waals surface area contributed by atoms with E-state index < -0.39 is 0 Å². The van der Waals surface area contributed by atoms with E-state index in [2.05, 4.69) is 49.2 Å². The third kappa shape index (κ3) is 2.75. The van der Waals surface area contributed by atoms with Gasteiger partial charge in [-0.1, -0.05) is 24.6 Å². The van der Waals surface area contributed by atoms with Gasteiger partial charge in [0.25, 0.3) is 0 Å². The second kappa shape index (κ2) is 5.28. The third-order valence-electron chi connectivity index (χ3n) is 3.50. The van der Waals surface area contributed by atoms with Gasteiger partial charge in [-0.05, 0) is 38.0 Å². The Labute approximate surface area is 109 Å². The second-order valence-electron chi connectivity index (χ2n) is 4.98. The predicted molar refractivity (Wildman–Crippen MR) is 75.1 cm³/mol. The number of benzene rings is 1. The molecule has 94 valence electrons.